The van der Waals surface area contributed by atoms with Gasteiger partial charge in [-0.25, -0.2) is 0 Å². The number of hydrogen-bond donors (Lipinski definition) is 1. The molecule has 1 amide bonds. The first-order chi connectivity index (χ1) is 12.6. The zero-order valence-corrected chi connectivity index (χ0v) is 14.8. The average molecular weight is 350 g/mol. The number of ether oxygens (including phenoxy) is 2. The van der Waals surface area contributed by atoms with Crippen molar-refractivity contribution in [3.63, 3.8) is 0 Å². The number of carbonyl (C=O) groups excluding carboxylic acids is 1. The van der Waals surface area contributed by atoms with E-state index in [0.29, 0.717) is 36.6 Å². The summed E-state index contributed by atoms with van der Waals surface area (Å²) in [5.41, 5.74) is -0.215. The van der Waals surface area contributed by atoms with E-state index in [0.717, 1.165) is 18.6 Å². The summed E-state index contributed by atoms with van der Waals surface area (Å²) < 4.78 is 11.2. The molecule has 0 aromatic heterocycles. The highest BCUT2D eigenvalue weighted by atomic mass is 16.5. The molecule has 1 fully saturated rings. The quantitative estimate of drug-likeness (QED) is 0.804. The summed E-state index contributed by atoms with van der Waals surface area (Å²) in [6.45, 7) is 2.57. The van der Waals surface area contributed by atoms with Crippen LogP contribution in [0.15, 0.2) is 48.5 Å². The van der Waals surface area contributed by atoms with E-state index in [1.54, 1.807) is 24.3 Å². The summed E-state index contributed by atoms with van der Waals surface area (Å²) in [6, 6.07) is 16.8. The van der Waals surface area contributed by atoms with Crippen molar-refractivity contribution in [2.45, 2.75) is 32.6 Å². The van der Waals surface area contributed by atoms with E-state index in [-0.39, 0.29) is 5.91 Å². The van der Waals surface area contributed by atoms with Crippen LogP contribution in [0.1, 0.15) is 32.6 Å². The summed E-state index contributed by atoms with van der Waals surface area (Å²) in [4.78, 5) is 12.5. The third-order valence-electron chi connectivity index (χ3n) is 4.59. The molecule has 1 saturated carbocycles. The van der Waals surface area contributed by atoms with Crippen molar-refractivity contribution in [2.24, 2.45) is 5.41 Å². The first-order valence-corrected chi connectivity index (χ1v) is 8.89. The number of hydrogen-bond acceptors (Lipinski definition) is 4. The Hall–Kier alpha value is -3.00. The van der Waals surface area contributed by atoms with Gasteiger partial charge in [0, 0.05) is 5.69 Å². The molecule has 0 unspecified atom stereocenters. The summed E-state index contributed by atoms with van der Waals surface area (Å²) in [5.74, 6) is 1.97. The average Bonchev–Trinajstić information content (AvgIpc) is 3.16. The molecule has 0 heterocycles. The molecule has 0 bridgehead atoms. The van der Waals surface area contributed by atoms with Crippen LogP contribution >= 0.6 is 0 Å². The van der Waals surface area contributed by atoms with Gasteiger partial charge < -0.3 is 14.8 Å². The smallest absolute Gasteiger partial charge is 0.244 e. The molecule has 5 heteroatoms. The summed E-state index contributed by atoms with van der Waals surface area (Å²) in [7, 11) is 0. The largest absolute Gasteiger partial charge is 0.494 e. The minimum Gasteiger partial charge on any atom is -0.494 e. The van der Waals surface area contributed by atoms with Crippen LogP contribution in [-0.2, 0) is 4.79 Å². The van der Waals surface area contributed by atoms with Gasteiger partial charge >= 0.3 is 0 Å². The Morgan fingerprint density at radius 3 is 2.12 bits per heavy atom. The van der Waals surface area contributed by atoms with Crippen LogP contribution in [0.2, 0.25) is 0 Å². The number of anilines is 1. The van der Waals surface area contributed by atoms with Gasteiger partial charge in [0.2, 0.25) is 5.91 Å². The first-order valence-electron chi connectivity index (χ1n) is 8.89. The monoisotopic (exact) mass is 350 g/mol. The van der Waals surface area contributed by atoms with E-state index in [1.165, 1.54) is 0 Å². The lowest BCUT2D eigenvalue weighted by molar-refractivity contribution is -0.122. The highest BCUT2D eigenvalue weighted by Gasteiger charge is 2.41. The Labute approximate surface area is 153 Å². The van der Waals surface area contributed by atoms with E-state index >= 15 is 0 Å². The van der Waals surface area contributed by atoms with Crippen LogP contribution in [0.4, 0.5) is 5.69 Å². The maximum absolute atomic E-state index is 12.5. The van der Waals surface area contributed by atoms with Crippen molar-refractivity contribution in [1.29, 1.82) is 5.26 Å². The molecule has 3 rings (SSSR count). The zero-order chi connectivity index (χ0) is 18.4. The maximum Gasteiger partial charge on any atom is 0.244 e. The fourth-order valence-corrected chi connectivity index (χ4v) is 3.13. The Bertz CT molecular complexity index is 786. The highest BCUT2D eigenvalue weighted by Crippen LogP contribution is 2.38. The third-order valence-corrected chi connectivity index (χ3v) is 4.59. The number of nitrogens with one attached hydrogen (secondary N) is 1. The molecular weight excluding hydrogens is 328 g/mol. The summed E-state index contributed by atoms with van der Waals surface area (Å²) in [6.07, 6.45) is 3.12. The highest BCUT2D eigenvalue weighted by molar-refractivity contribution is 5.97. The second-order valence-electron chi connectivity index (χ2n) is 6.39. The van der Waals surface area contributed by atoms with Crippen molar-refractivity contribution in [2.75, 3.05) is 11.9 Å². The second-order valence-corrected chi connectivity index (χ2v) is 6.39. The fourth-order valence-electron chi connectivity index (χ4n) is 3.13. The first kappa shape index (κ1) is 17.8. The molecule has 1 aliphatic carbocycles. The Kier molecular flexibility index (Phi) is 5.43. The van der Waals surface area contributed by atoms with Gasteiger partial charge in [-0.1, -0.05) is 12.8 Å². The topological polar surface area (TPSA) is 71.3 Å². The molecule has 0 saturated heterocycles. The molecule has 2 aromatic rings. The van der Waals surface area contributed by atoms with Crippen molar-refractivity contribution in [3.05, 3.63) is 48.5 Å². The van der Waals surface area contributed by atoms with Gasteiger partial charge in [-0.05, 0) is 68.3 Å². The Balaban J connectivity index is 1.61. The van der Waals surface area contributed by atoms with Gasteiger partial charge in [-0.2, -0.15) is 5.26 Å². The van der Waals surface area contributed by atoms with E-state index in [1.807, 2.05) is 31.2 Å². The normalized spacial score (nSPS) is 15.1. The van der Waals surface area contributed by atoms with Gasteiger partial charge in [0.25, 0.3) is 0 Å². The van der Waals surface area contributed by atoms with Crippen molar-refractivity contribution >= 4 is 11.6 Å². The van der Waals surface area contributed by atoms with Crippen LogP contribution in [0.3, 0.4) is 0 Å². The number of carbonyl (C=O) groups is 1. The van der Waals surface area contributed by atoms with Crippen LogP contribution in [0.25, 0.3) is 0 Å². The SMILES string of the molecule is CCOc1ccc(Oc2ccc(NC(=O)C3(C#N)CCCC3)cc2)cc1. The number of nitriles is 1. The second kappa shape index (κ2) is 7.92. The van der Waals surface area contributed by atoms with E-state index in [2.05, 4.69) is 11.4 Å². The van der Waals surface area contributed by atoms with Gasteiger partial charge in [0.1, 0.15) is 22.7 Å². The molecule has 1 N–H and O–H groups in total. The van der Waals surface area contributed by atoms with Crippen LogP contribution in [0.5, 0.6) is 17.2 Å². The lowest BCUT2D eigenvalue weighted by atomic mass is 9.87. The lowest BCUT2D eigenvalue weighted by Gasteiger charge is -2.19. The van der Waals surface area contributed by atoms with Crippen molar-refractivity contribution in [1.82, 2.24) is 0 Å². The van der Waals surface area contributed by atoms with Gasteiger partial charge in [0.15, 0.2) is 0 Å². The molecular formula is C21H22N2O3. The van der Waals surface area contributed by atoms with Gasteiger partial charge in [0.05, 0.1) is 12.7 Å². The molecule has 0 aliphatic heterocycles. The molecule has 0 spiro atoms. The molecule has 134 valence electrons. The summed E-state index contributed by atoms with van der Waals surface area (Å²) >= 11 is 0. The molecule has 0 radical (unpaired) electrons. The molecule has 5 nitrogen and oxygen atoms in total. The molecule has 1 aliphatic rings. The summed E-state index contributed by atoms with van der Waals surface area (Å²) in [5, 5.41) is 12.2. The van der Waals surface area contributed by atoms with Crippen LogP contribution in [-0.4, -0.2) is 12.5 Å². The van der Waals surface area contributed by atoms with Crippen molar-refractivity contribution < 1.29 is 14.3 Å². The minimum absolute atomic E-state index is 0.210. The molecule has 0 atom stereocenters. The maximum atomic E-state index is 12.5. The van der Waals surface area contributed by atoms with Gasteiger partial charge in [-0.15, -0.1) is 0 Å². The number of benzene rings is 2. The predicted molar refractivity (Wildman–Crippen MR) is 99.3 cm³/mol. The Morgan fingerprint density at radius 2 is 1.58 bits per heavy atom. The minimum atomic E-state index is -0.878. The van der Waals surface area contributed by atoms with Gasteiger partial charge in [-0.3, -0.25) is 4.79 Å². The van der Waals surface area contributed by atoms with Crippen molar-refractivity contribution in [3.8, 4) is 23.3 Å². The lowest BCUT2D eigenvalue weighted by Crippen LogP contribution is -2.32. The zero-order valence-electron chi connectivity index (χ0n) is 14.8. The Morgan fingerprint density at radius 1 is 1.04 bits per heavy atom. The fraction of sp³-hybridized carbons (Fsp3) is 0.333. The van der Waals surface area contributed by atoms with E-state index < -0.39 is 5.41 Å². The van der Waals surface area contributed by atoms with Crippen LogP contribution in [0, 0.1) is 16.7 Å². The predicted octanol–water partition coefficient (Wildman–Crippen LogP) is 4.90. The van der Waals surface area contributed by atoms with E-state index in [9.17, 15) is 10.1 Å². The van der Waals surface area contributed by atoms with Crippen LogP contribution < -0.4 is 14.8 Å². The molecule has 26 heavy (non-hydrogen) atoms. The number of amides is 1. The van der Waals surface area contributed by atoms with E-state index in [4.69, 9.17) is 9.47 Å². The number of rotatable bonds is 6. The molecule has 2 aromatic carbocycles. The standard InChI is InChI=1S/C21H22N2O3/c1-2-25-17-9-11-19(12-10-17)26-18-7-5-16(6-8-18)23-20(24)21(15-22)13-3-4-14-21/h5-12H,2-4,13-14H2,1H3,(H,23,24). The third kappa shape index (κ3) is 3.97. The number of nitrogens with zero attached hydrogens (tertiary/aromatic N) is 1.